The smallest absolute Gasteiger partial charge is 0.279 e. The summed E-state index contributed by atoms with van der Waals surface area (Å²) in [5.41, 5.74) is 4.44. The number of carbonyl (C=O) groups excluding carboxylic acids is 1. The minimum atomic E-state index is 0.103. The van der Waals surface area contributed by atoms with Gasteiger partial charge in [0.05, 0.1) is 7.11 Å². The van der Waals surface area contributed by atoms with E-state index in [1.807, 2.05) is 24.3 Å². The highest BCUT2D eigenvalue weighted by Crippen LogP contribution is 2.21. The predicted molar refractivity (Wildman–Crippen MR) is 119 cm³/mol. The van der Waals surface area contributed by atoms with Crippen molar-refractivity contribution in [1.29, 1.82) is 0 Å². The van der Waals surface area contributed by atoms with Crippen LogP contribution in [0.2, 0.25) is 0 Å². The van der Waals surface area contributed by atoms with Crippen molar-refractivity contribution in [2.75, 3.05) is 58.3 Å². The number of ether oxygens (including phenoxy) is 2. The number of benzene rings is 2. The van der Waals surface area contributed by atoms with Gasteiger partial charge in [0.25, 0.3) is 5.91 Å². The number of anilines is 1. The standard InChI is InChI=1S/C24H33N3O3/c1-18-15-19(2)24(20(3)16-18)25-23(28)17-27-11-9-26(10-12-27)13-14-30-22-7-5-21(29-4)6-8-22/h5-8,15-16H,9-14,17H2,1-4H3,(H,25,28)/p+2. The molecule has 0 radical (unpaired) electrons. The van der Waals surface area contributed by atoms with E-state index in [0.717, 1.165) is 61.0 Å². The Morgan fingerprint density at radius 1 is 0.933 bits per heavy atom. The van der Waals surface area contributed by atoms with Crippen LogP contribution in [0.4, 0.5) is 5.69 Å². The van der Waals surface area contributed by atoms with Crippen LogP contribution in [0, 0.1) is 20.8 Å². The van der Waals surface area contributed by atoms with Gasteiger partial charge in [-0.2, -0.15) is 0 Å². The minimum absolute atomic E-state index is 0.103. The summed E-state index contributed by atoms with van der Waals surface area (Å²) in [7, 11) is 1.66. The molecule has 1 amide bonds. The van der Waals surface area contributed by atoms with Gasteiger partial charge in [0.2, 0.25) is 0 Å². The first-order valence-corrected chi connectivity index (χ1v) is 10.8. The summed E-state index contributed by atoms with van der Waals surface area (Å²) in [5, 5.41) is 3.13. The van der Waals surface area contributed by atoms with Crippen LogP contribution < -0.4 is 24.6 Å². The van der Waals surface area contributed by atoms with Crippen molar-refractivity contribution in [2.45, 2.75) is 20.8 Å². The van der Waals surface area contributed by atoms with Gasteiger partial charge >= 0.3 is 0 Å². The topological polar surface area (TPSA) is 56.4 Å². The molecular weight excluding hydrogens is 378 g/mol. The molecule has 0 atom stereocenters. The number of rotatable bonds is 8. The molecule has 0 aromatic heterocycles. The second-order valence-corrected chi connectivity index (χ2v) is 8.27. The zero-order valence-electron chi connectivity index (χ0n) is 18.6. The molecule has 3 rings (SSSR count). The van der Waals surface area contributed by atoms with Gasteiger partial charge in [0.15, 0.2) is 6.54 Å². The van der Waals surface area contributed by atoms with E-state index < -0.39 is 0 Å². The van der Waals surface area contributed by atoms with E-state index in [1.165, 1.54) is 15.4 Å². The monoisotopic (exact) mass is 413 g/mol. The minimum Gasteiger partial charge on any atom is -0.497 e. The second kappa shape index (κ2) is 10.5. The molecule has 2 aromatic carbocycles. The van der Waals surface area contributed by atoms with E-state index in [-0.39, 0.29) is 5.91 Å². The lowest BCUT2D eigenvalue weighted by Gasteiger charge is -2.29. The summed E-state index contributed by atoms with van der Waals surface area (Å²) >= 11 is 0. The third-order valence-electron chi connectivity index (χ3n) is 5.80. The van der Waals surface area contributed by atoms with Gasteiger partial charge in [-0.15, -0.1) is 0 Å². The van der Waals surface area contributed by atoms with Crippen LogP contribution in [-0.2, 0) is 4.79 Å². The number of nitrogens with one attached hydrogen (secondary N) is 3. The van der Waals surface area contributed by atoms with E-state index in [4.69, 9.17) is 9.47 Å². The van der Waals surface area contributed by atoms with E-state index in [2.05, 4.69) is 38.2 Å². The van der Waals surface area contributed by atoms with Gasteiger partial charge in [-0.05, 0) is 56.2 Å². The zero-order chi connectivity index (χ0) is 21.5. The first kappa shape index (κ1) is 22.1. The van der Waals surface area contributed by atoms with Crippen molar-refractivity contribution >= 4 is 11.6 Å². The Morgan fingerprint density at radius 2 is 1.50 bits per heavy atom. The number of carbonyl (C=O) groups is 1. The van der Waals surface area contributed by atoms with Crippen LogP contribution in [-0.4, -0.2) is 58.9 Å². The fourth-order valence-corrected chi connectivity index (χ4v) is 4.16. The predicted octanol–water partition coefficient (Wildman–Crippen LogP) is 0.421. The average Bonchev–Trinajstić information content (AvgIpc) is 2.72. The van der Waals surface area contributed by atoms with Crippen LogP contribution in [0.5, 0.6) is 11.5 Å². The number of quaternary nitrogens is 2. The third-order valence-corrected chi connectivity index (χ3v) is 5.80. The van der Waals surface area contributed by atoms with Crippen molar-refractivity contribution < 1.29 is 24.1 Å². The van der Waals surface area contributed by atoms with Crippen LogP contribution in [0.25, 0.3) is 0 Å². The number of methoxy groups -OCH3 is 1. The molecule has 6 nitrogen and oxygen atoms in total. The second-order valence-electron chi connectivity index (χ2n) is 8.27. The Bertz CT molecular complexity index is 820. The molecule has 1 aliphatic rings. The fraction of sp³-hybridized carbons (Fsp3) is 0.458. The number of hydrogen-bond acceptors (Lipinski definition) is 3. The SMILES string of the molecule is COc1ccc(OCC[NH+]2CC[NH+](CC(=O)Nc3c(C)cc(C)cc3C)CC2)cc1. The highest BCUT2D eigenvalue weighted by Gasteiger charge is 2.25. The quantitative estimate of drug-likeness (QED) is 0.588. The van der Waals surface area contributed by atoms with Crippen molar-refractivity contribution in [1.82, 2.24) is 0 Å². The number of aryl methyl sites for hydroxylation is 3. The summed E-state index contributed by atoms with van der Waals surface area (Å²) in [6.45, 7) is 12.6. The maximum atomic E-state index is 12.6. The normalized spacial score (nSPS) is 18.7. The fourth-order valence-electron chi connectivity index (χ4n) is 4.16. The molecule has 2 aromatic rings. The van der Waals surface area contributed by atoms with E-state index in [0.29, 0.717) is 13.2 Å². The molecular formula is C24H35N3O3+2. The van der Waals surface area contributed by atoms with Crippen molar-refractivity contribution in [3.8, 4) is 11.5 Å². The van der Waals surface area contributed by atoms with Gasteiger partial charge in [0.1, 0.15) is 50.8 Å². The lowest BCUT2D eigenvalue weighted by Crippen LogP contribution is -3.28. The molecule has 6 heteroatoms. The lowest BCUT2D eigenvalue weighted by atomic mass is 10.1. The molecule has 1 heterocycles. The van der Waals surface area contributed by atoms with Gasteiger partial charge in [-0.3, -0.25) is 4.79 Å². The molecule has 30 heavy (non-hydrogen) atoms. The van der Waals surface area contributed by atoms with Gasteiger partial charge in [0, 0.05) is 5.69 Å². The van der Waals surface area contributed by atoms with E-state index in [1.54, 1.807) is 7.11 Å². The molecule has 0 bridgehead atoms. The first-order valence-electron chi connectivity index (χ1n) is 10.8. The Kier molecular flexibility index (Phi) is 7.71. The molecule has 1 saturated heterocycles. The highest BCUT2D eigenvalue weighted by atomic mass is 16.5. The Labute approximate surface area is 179 Å². The van der Waals surface area contributed by atoms with Crippen LogP contribution in [0.3, 0.4) is 0 Å². The molecule has 0 aliphatic carbocycles. The van der Waals surface area contributed by atoms with E-state index >= 15 is 0 Å². The Morgan fingerprint density at radius 3 is 2.10 bits per heavy atom. The Balaban J connectivity index is 1.37. The molecule has 0 spiro atoms. The number of hydrogen-bond donors (Lipinski definition) is 3. The van der Waals surface area contributed by atoms with Crippen molar-refractivity contribution in [3.63, 3.8) is 0 Å². The van der Waals surface area contributed by atoms with Crippen LogP contribution in [0.1, 0.15) is 16.7 Å². The molecule has 1 fully saturated rings. The number of piperazine rings is 1. The molecule has 162 valence electrons. The average molecular weight is 414 g/mol. The molecule has 1 aliphatic heterocycles. The summed E-state index contributed by atoms with van der Waals surface area (Å²) in [4.78, 5) is 15.5. The molecule has 3 N–H and O–H groups in total. The molecule has 0 saturated carbocycles. The molecule has 0 unspecified atom stereocenters. The van der Waals surface area contributed by atoms with E-state index in [9.17, 15) is 4.79 Å². The largest absolute Gasteiger partial charge is 0.497 e. The summed E-state index contributed by atoms with van der Waals surface area (Å²) in [6, 6.07) is 11.9. The van der Waals surface area contributed by atoms with Crippen molar-refractivity contribution in [3.05, 3.63) is 53.1 Å². The van der Waals surface area contributed by atoms with Gasteiger partial charge in [-0.1, -0.05) is 17.7 Å². The van der Waals surface area contributed by atoms with Crippen LogP contribution >= 0.6 is 0 Å². The maximum Gasteiger partial charge on any atom is 0.279 e. The van der Waals surface area contributed by atoms with Gasteiger partial charge in [-0.25, -0.2) is 0 Å². The first-order chi connectivity index (χ1) is 14.4. The summed E-state index contributed by atoms with van der Waals surface area (Å²) in [6.07, 6.45) is 0. The number of amides is 1. The maximum absolute atomic E-state index is 12.6. The van der Waals surface area contributed by atoms with Crippen LogP contribution in [0.15, 0.2) is 36.4 Å². The van der Waals surface area contributed by atoms with Gasteiger partial charge < -0.3 is 24.6 Å². The Hall–Kier alpha value is -2.57. The summed E-state index contributed by atoms with van der Waals surface area (Å²) in [5.74, 6) is 1.81. The summed E-state index contributed by atoms with van der Waals surface area (Å²) < 4.78 is 11.0. The zero-order valence-corrected chi connectivity index (χ0v) is 18.6. The third kappa shape index (κ3) is 6.21. The van der Waals surface area contributed by atoms with Crippen molar-refractivity contribution in [2.24, 2.45) is 0 Å². The highest BCUT2D eigenvalue weighted by molar-refractivity contribution is 5.93. The lowest BCUT2D eigenvalue weighted by molar-refractivity contribution is -1.01.